The Balaban J connectivity index is 0.000000956. The molecular weight excluding hydrogens is 565 g/mol. The highest BCUT2D eigenvalue weighted by molar-refractivity contribution is 7.99. The summed E-state index contributed by atoms with van der Waals surface area (Å²) in [7, 11) is -3.48. The Morgan fingerprint density at radius 2 is 1.59 bits per heavy atom. The van der Waals surface area contributed by atoms with Gasteiger partial charge in [-0.3, -0.25) is 9.59 Å². The van der Waals surface area contributed by atoms with Gasteiger partial charge in [-0.1, -0.05) is 30.3 Å². The largest absolute Gasteiger partial charge is 0.490 e. The summed E-state index contributed by atoms with van der Waals surface area (Å²) in [4.78, 5) is 31.5. The standard InChI is InChI=1S/C21H26N4O5S2.C2HF3O2/c1-16(26)23-15-31-13-20(22)21(27)30-11-12-32(28,29)14-17-7-9-19(10-8-17)25-24-18-5-3-2-4-6-18;3-2(4,5)1(6)7/h2-10,20H,11-15,22H2,1H3,(H,23,26);(H,6,7)/t20-;/m0./s1. The maximum absolute atomic E-state index is 12.3. The van der Waals surface area contributed by atoms with E-state index in [9.17, 15) is 31.2 Å². The molecule has 0 aliphatic heterocycles. The molecule has 1 amide bonds. The van der Waals surface area contributed by atoms with Crippen molar-refractivity contribution in [1.82, 2.24) is 5.32 Å². The van der Waals surface area contributed by atoms with Gasteiger partial charge in [-0.05, 0) is 29.8 Å². The number of carbonyl (C=O) groups excluding carboxylic acids is 2. The first-order valence-corrected chi connectivity index (χ1v) is 14.0. The van der Waals surface area contributed by atoms with Gasteiger partial charge in [-0.25, -0.2) is 13.2 Å². The lowest BCUT2D eigenvalue weighted by molar-refractivity contribution is -0.192. The van der Waals surface area contributed by atoms with Crippen LogP contribution in [-0.4, -0.2) is 67.6 Å². The van der Waals surface area contributed by atoms with Gasteiger partial charge in [-0.2, -0.15) is 23.4 Å². The Hall–Kier alpha value is -3.50. The normalized spacial score (nSPS) is 12.2. The Bertz CT molecular complexity index is 1210. The summed E-state index contributed by atoms with van der Waals surface area (Å²) in [6.45, 7) is 1.12. The van der Waals surface area contributed by atoms with Crippen LogP contribution in [0.1, 0.15) is 12.5 Å². The van der Waals surface area contributed by atoms with E-state index in [1.807, 2.05) is 30.3 Å². The molecule has 39 heavy (non-hydrogen) atoms. The number of aliphatic carboxylic acids is 1. The first kappa shape index (κ1) is 33.5. The van der Waals surface area contributed by atoms with Crippen molar-refractivity contribution in [3.05, 3.63) is 60.2 Å². The zero-order valence-electron chi connectivity index (χ0n) is 20.6. The fourth-order valence-corrected chi connectivity index (χ4v) is 4.37. The van der Waals surface area contributed by atoms with Crippen molar-refractivity contribution in [2.24, 2.45) is 16.0 Å². The molecule has 2 rings (SSSR count). The number of azo groups is 1. The number of hydrogen-bond donors (Lipinski definition) is 3. The highest BCUT2D eigenvalue weighted by Crippen LogP contribution is 2.19. The number of nitrogens with one attached hydrogen (secondary N) is 1. The lowest BCUT2D eigenvalue weighted by atomic mass is 10.2. The SMILES string of the molecule is CC(=O)NCSC[C@H](N)C(=O)OCCS(=O)(=O)Cc1ccc(N=Nc2ccccc2)cc1.O=C(O)C(F)(F)F. The van der Waals surface area contributed by atoms with Gasteiger partial charge >= 0.3 is 18.1 Å². The number of carboxylic acid groups (broad SMARTS) is 1. The second-order valence-electron chi connectivity index (χ2n) is 7.62. The smallest absolute Gasteiger partial charge is 0.475 e. The van der Waals surface area contributed by atoms with Crippen molar-refractivity contribution >= 4 is 50.8 Å². The minimum atomic E-state index is -5.08. The average molecular weight is 593 g/mol. The molecular formula is C23H27F3N4O7S2. The van der Waals surface area contributed by atoms with Gasteiger partial charge in [0, 0.05) is 12.7 Å². The molecule has 0 spiro atoms. The number of rotatable bonds is 12. The number of benzene rings is 2. The van der Waals surface area contributed by atoms with Crippen LogP contribution >= 0.6 is 11.8 Å². The highest BCUT2D eigenvalue weighted by Gasteiger charge is 2.38. The third-order valence-electron chi connectivity index (χ3n) is 4.26. The van der Waals surface area contributed by atoms with Gasteiger partial charge in [0.25, 0.3) is 0 Å². The number of ether oxygens (including phenoxy) is 1. The summed E-state index contributed by atoms with van der Waals surface area (Å²) >= 11 is 1.27. The fourth-order valence-electron chi connectivity index (χ4n) is 2.38. The van der Waals surface area contributed by atoms with E-state index in [1.54, 1.807) is 24.3 Å². The van der Waals surface area contributed by atoms with E-state index in [1.165, 1.54) is 18.7 Å². The topological polar surface area (TPSA) is 178 Å². The predicted octanol–water partition coefficient (Wildman–Crippen LogP) is 3.35. The second kappa shape index (κ2) is 16.5. The lowest BCUT2D eigenvalue weighted by Gasteiger charge is -2.11. The molecule has 0 saturated carbocycles. The molecule has 0 fully saturated rings. The molecule has 16 heteroatoms. The minimum Gasteiger partial charge on any atom is -0.475 e. The fraction of sp³-hybridized carbons (Fsp3) is 0.348. The molecule has 11 nitrogen and oxygen atoms in total. The highest BCUT2D eigenvalue weighted by atomic mass is 32.2. The van der Waals surface area contributed by atoms with Gasteiger partial charge in [0.1, 0.15) is 12.6 Å². The molecule has 0 aliphatic carbocycles. The van der Waals surface area contributed by atoms with Crippen LogP contribution in [0.15, 0.2) is 64.8 Å². The van der Waals surface area contributed by atoms with Crippen LogP contribution in [0.4, 0.5) is 24.5 Å². The second-order valence-corrected chi connectivity index (χ2v) is 10.8. The maximum atomic E-state index is 12.3. The molecule has 0 aromatic heterocycles. The zero-order chi connectivity index (χ0) is 29.5. The van der Waals surface area contributed by atoms with Crippen LogP contribution in [0.5, 0.6) is 0 Å². The number of nitrogens with zero attached hydrogens (tertiary/aromatic N) is 2. The number of esters is 1. The van der Waals surface area contributed by atoms with E-state index in [4.69, 9.17) is 20.4 Å². The Morgan fingerprint density at radius 3 is 2.10 bits per heavy atom. The summed E-state index contributed by atoms with van der Waals surface area (Å²) in [5.74, 6) is -3.52. The summed E-state index contributed by atoms with van der Waals surface area (Å²) in [6, 6.07) is 15.1. The van der Waals surface area contributed by atoms with E-state index in [2.05, 4.69) is 15.5 Å². The van der Waals surface area contributed by atoms with Crippen LogP contribution in [0.2, 0.25) is 0 Å². The van der Waals surface area contributed by atoms with Crippen LogP contribution in [0, 0.1) is 0 Å². The molecule has 0 aliphatic rings. The van der Waals surface area contributed by atoms with Gasteiger partial charge in [0.05, 0.1) is 28.8 Å². The zero-order valence-corrected chi connectivity index (χ0v) is 22.3. The molecule has 2 aromatic rings. The first-order chi connectivity index (χ1) is 18.2. The third-order valence-corrected chi connectivity index (χ3v) is 6.77. The summed E-state index contributed by atoms with van der Waals surface area (Å²) in [5, 5.41) is 17.9. The van der Waals surface area contributed by atoms with Crippen LogP contribution < -0.4 is 11.1 Å². The number of sulfone groups is 1. The molecule has 2 aromatic carbocycles. The van der Waals surface area contributed by atoms with E-state index >= 15 is 0 Å². The molecule has 4 N–H and O–H groups in total. The number of nitrogens with two attached hydrogens (primary N) is 1. The first-order valence-electron chi connectivity index (χ1n) is 11.0. The van der Waals surface area contributed by atoms with Crippen LogP contribution in [0.3, 0.4) is 0 Å². The Labute approximate surface area is 226 Å². The van der Waals surface area contributed by atoms with Gasteiger partial charge in [0.2, 0.25) is 5.91 Å². The molecule has 0 bridgehead atoms. The van der Waals surface area contributed by atoms with Gasteiger partial charge in [0.15, 0.2) is 9.84 Å². The van der Waals surface area contributed by atoms with Crippen molar-refractivity contribution in [2.45, 2.75) is 24.9 Å². The van der Waals surface area contributed by atoms with Crippen LogP contribution in [0.25, 0.3) is 0 Å². The van der Waals surface area contributed by atoms with Crippen molar-refractivity contribution < 1.29 is 45.8 Å². The number of thioether (sulfide) groups is 1. The van der Waals surface area contributed by atoms with Crippen molar-refractivity contribution in [3.8, 4) is 0 Å². The van der Waals surface area contributed by atoms with Crippen molar-refractivity contribution in [3.63, 3.8) is 0 Å². The number of alkyl halides is 3. The number of halogens is 3. The van der Waals surface area contributed by atoms with E-state index in [0.29, 0.717) is 17.1 Å². The third kappa shape index (κ3) is 15.5. The summed E-state index contributed by atoms with van der Waals surface area (Å²) in [6.07, 6.45) is -5.08. The molecule has 0 unspecified atom stereocenters. The molecule has 0 saturated heterocycles. The van der Waals surface area contributed by atoms with Crippen LogP contribution in [-0.2, 0) is 34.7 Å². The molecule has 1 atom stereocenters. The van der Waals surface area contributed by atoms with E-state index in [-0.39, 0.29) is 29.8 Å². The van der Waals surface area contributed by atoms with E-state index < -0.39 is 34.0 Å². The number of carboxylic acids is 1. The Kier molecular flexibility index (Phi) is 14.2. The van der Waals surface area contributed by atoms with Gasteiger partial charge < -0.3 is 20.9 Å². The monoisotopic (exact) mass is 592 g/mol. The lowest BCUT2D eigenvalue weighted by Crippen LogP contribution is -2.36. The molecule has 0 radical (unpaired) electrons. The maximum Gasteiger partial charge on any atom is 0.490 e. The summed E-state index contributed by atoms with van der Waals surface area (Å²) < 4.78 is 61.3. The molecule has 0 heterocycles. The number of carbonyl (C=O) groups is 3. The average Bonchev–Trinajstić information content (AvgIpc) is 2.86. The van der Waals surface area contributed by atoms with Gasteiger partial charge in [-0.15, -0.1) is 11.8 Å². The quantitative estimate of drug-likeness (QED) is 0.144. The number of amides is 1. The van der Waals surface area contributed by atoms with Crippen molar-refractivity contribution in [1.29, 1.82) is 0 Å². The summed E-state index contributed by atoms with van der Waals surface area (Å²) in [5.41, 5.74) is 7.64. The predicted molar refractivity (Wildman–Crippen MR) is 138 cm³/mol. The number of hydrogen-bond acceptors (Lipinski definition) is 10. The van der Waals surface area contributed by atoms with Crippen molar-refractivity contribution in [2.75, 3.05) is 24.0 Å². The van der Waals surface area contributed by atoms with E-state index in [0.717, 1.165) is 5.69 Å². The molecule has 214 valence electrons. The Morgan fingerprint density at radius 1 is 1.05 bits per heavy atom. The minimum absolute atomic E-state index is 0.176.